The van der Waals surface area contributed by atoms with Crippen molar-refractivity contribution in [3.05, 3.63) is 65.7 Å². The predicted molar refractivity (Wildman–Crippen MR) is 299 cm³/mol. The molecule has 2 aromatic rings. The van der Waals surface area contributed by atoms with E-state index in [0.717, 1.165) is 19.3 Å². The minimum Gasteiger partial charge on any atom is -0.494 e. The number of nitrogens with zero attached hydrogens (tertiary/aromatic N) is 2. The van der Waals surface area contributed by atoms with Gasteiger partial charge in [-0.3, -0.25) is 52.9 Å². The lowest BCUT2D eigenvalue weighted by atomic mass is 9.85. The smallest absolute Gasteiger partial charge is 0.246 e. The first-order chi connectivity index (χ1) is 37.7. The van der Waals surface area contributed by atoms with Gasteiger partial charge in [-0.25, -0.2) is 0 Å². The van der Waals surface area contributed by atoms with Crippen LogP contribution < -0.4 is 64.9 Å². The number of carbonyl (C=O) groups excluding carboxylic acids is 10. The van der Waals surface area contributed by atoms with Gasteiger partial charge in [-0.2, -0.15) is 0 Å². The van der Waals surface area contributed by atoms with Gasteiger partial charge in [-0.05, 0) is 74.6 Å². The highest BCUT2D eigenvalue weighted by molar-refractivity contribution is 8.77. The maximum Gasteiger partial charge on any atom is 0.246 e. The molecule has 0 radical (unpaired) electrons. The minimum atomic E-state index is -1.66. The van der Waals surface area contributed by atoms with Crippen molar-refractivity contribution in [2.45, 2.75) is 151 Å². The molecule has 432 valence electrons. The largest absolute Gasteiger partial charge is 0.494 e. The van der Waals surface area contributed by atoms with E-state index in [-0.39, 0.29) is 63.3 Å². The monoisotopic (exact) mass is 1140 g/mol. The summed E-state index contributed by atoms with van der Waals surface area (Å²) in [5.41, 5.74) is 23.2. The molecule has 3 aliphatic rings. The van der Waals surface area contributed by atoms with Gasteiger partial charge in [0.15, 0.2) is 5.96 Å². The van der Waals surface area contributed by atoms with E-state index in [4.69, 9.17) is 27.7 Å². The van der Waals surface area contributed by atoms with E-state index in [1.54, 1.807) is 68.4 Å². The molecular weight excluding hydrogens is 1060 g/mol. The van der Waals surface area contributed by atoms with Crippen molar-refractivity contribution in [2.75, 3.05) is 32.0 Å². The number of aliphatic imine (C=N–C) groups is 1. The molecule has 0 bridgehead atoms. The molecular formula is C53H77N13O11S2. The molecule has 1 unspecified atom stereocenters. The Kier molecular flexibility index (Phi) is 24.5. The van der Waals surface area contributed by atoms with Gasteiger partial charge >= 0.3 is 0 Å². The van der Waals surface area contributed by atoms with Gasteiger partial charge in [0.2, 0.25) is 59.1 Å². The summed E-state index contributed by atoms with van der Waals surface area (Å²) in [7, 11) is 2.59. The SMILES string of the molecule is CCOc1ccc(C[C@@H]2NC(=O)CC3(CCCCC3)SSC[C@@H](C(=O)N3CCC[C@H]3C(=O)NC(CCCN=C(N)N)C(=O)NCC(N)=O)NC(=O)[C@H](CC(N)=O)NC(=O)[C@H](C(C)C)NC(=O)[C@H](Cc3ccccc3)NC2=O)cc1. The van der Waals surface area contributed by atoms with Gasteiger partial charge in [-0.1, -0.05) is 97.2 Å². The Morgan fingerprint density at radius 3 is 2.04 bits per heavy atom. The van der Waals surface area contributed by atoms with E-state index < -0.39 is 125 Å². The Labute approximate surface area is 468 Å². The molecule has 7 atom stereocenters. The van der Waals surface area contributed by atoms with Crippen molar-refractivity contribution in [3.63, 3.8) is 0 Å². The number of hydrogen-bond acceptors (Lipinski definition) is 14. The zero-order valence-electron chi connectivity index (χ0n) is 45.1. The van der Waals surface area contributed by atoms with E-state index in [1.165, 1.54) is 26.5 Å². The Morgan fingerprint density at radius 1 is 0.772 bits per heavy atom. The number of nitrogens with one attached hydrogen (secondary N) is 7. The third-order valence-electron chi connectivity index (χ3n) is 13.7. The summed E-state index contributed by atoms with van der Waals surface area (Å²) in [6.45, 7) is 5.28. The topological polar surface area (TPSA) is 384 Å². The zero-order chi connectivity index (χ0) is 57.6. The summed E-state index contributed by atoms with van der Waals surface area (Å²) in [5, 5.41) is 19.0. The number of amides is 10. The lowest BCUT2D eigenvalue weighted by molar-refractivity contribution is -0.142. The van der Waals surface area contributed by atoms with Crippen LogP contribution in [-0.4, -0.2) is 149 Å². The highest BCUT2D eigenvalue weighted by Gasteiger charge is 2.42. The van der Waals surface area contributed by atoms with Crippen LogP contribution in [0.5, 0.6) is 5.75 Å². The maximum absolute atomic E-state index is 15.0. The average molecular weight is 1140 g/mol. The van der Waals surface area contributed by atoms with Crippen LogP contribution in [0.25, 0.3) is 0 Å². The molecule has 24 nitrogen and oxygen atoms in total. The van der Waals surface area contributed by atoms with Crippen molar-refractivity contribution < 1.29 is 52.7 Å². The summed E-state index contributed by atoms with van der Waals surface area (Å²) in [4.78, 5) is 144. The minimum absolute atomic E-state index is 0.0131. The second-order valence-corrected chi connectivity index (χ2v) is 23.2. The van der Waals surface area contributed by atoms with E-state index in [9.17, 15) is 47.9 Å². The quantitative estimate of drug-likeness (QED) is 0.0364. The van der Waals surface area contributed by atoms with Crippen LogP contribution in [0, 0.1) is 5.92 Å². The summed E-state index contributed by atoms with van der Waals surface area (Å²) in [5.74, 6) is -7.88. The third-order valence-corrected chi connectivity index (χ3v) is 17.0. The van der Waals surface area contributed by atoms with E-state index in [2.05, 4.69) is 42.2 Å². The number of carbonyl (C=O) groups is 10. The zero-order valence-corrected chi connectivity index (χ0v) is 46.7. The number of rotatable bonds is 19. The molecule has 2 heterocycles. The van der Waals surface area contributed by atoms with Crippen molar-refractivity contribution in [2.24, 2.45) is 33.8 Å². The number of primary amides is 2. The van der Waals surface area contributed by atoms with Gasteiger partial charge in [0, 0.05) is 42.9 Å². The molecule has 2 aromatic carbocycles. The highest BCUT2D eigenvalue weighted by Crippen LogP contribution is 2.48. The predicted octanol–water partition coefficient (Wildman–Crippen LogP) is -0.555. The summed E-state index contributed by atoms with van der Waals surface area (Å²) < 4.78 is 4.92. The van der Waals surface area contributed by atoms with Crippen LogP contribution in [0.15, 0.2) is 59.6 Å². The highest BCUT2D eigenvalue weighted by atomic mass is 33.1. The molecule has 79 heavy (non-hydrogen) atoms. The molecule has 26 heteroatoms. The third kappa shape index (κ3) is 20.0. The number of hydrogen-bond donors (Lipinski definition) is 11. The second-order valence-electron chi connectivity index (χ2n) is 20.3. The molecule has 1 saturated carbocycles. The number of guanidine groups is 1. The maximum atomic E-state index is 15.0. The van der Waals surface area contributed by atoms with Crippen LogP contribution in [0.4, 0.5) is 0 Å². The van der Waals surface area contributed by atoms with E-state index >= 15 is 0 Å². The fraction of sp³-hybridized carbons (Fsp3) is 0.566. The Balaban J connectivity index is 1.52. The normalized spacial score (nSPS) is 22.9. The van der Waals surface area contributed by atoms with Crippen molar-refractivity contribution in [1.82, 2.24) is 42.1 Å². The summed E-state index contributed by atoms with van der Waals surface area (Å²) in [6.07, 6.45) is 3.75. The molecule has 3 fully saturated rings. The molecule has 5 rings (SSSR count). The van der Waals surface area contributed by atoms with Gasteiger partial charge in [0.1, 0.15) is 48.0 Å². The van der Waals surface area contributed by atoms with Crippen LogP contribution >= 0.6 is 21.6 Å². The molecule has 1 aliphatic carbocycles. The fourth-order valence-electron chi connectivity index (χ4n) is 9.66. The van der Waals surface area contributed by atoms with Crippen LogP contribution in [0.2, 0.25) is 0 Å². The lowest BCUT2D eigenvalue weighted by Gasteiger charge is -2.37. The Hall–Kier alpha value is -7.09. The fourth-order valence-corrected chi connectivity index (χ4v) is 13.0. The molecule has 15 N–H and O–H groups in total. The molecule has 2 aliphatic heterocycles. The first-order valence-corrected chi connectivity index (χ1v) is 29.1. The van der Waals surface area contributed by atoms with Gasteiger partial charge < -0.3 is 69.8 Å². The van der Waals surface area contributed by atoms with Crippen LogP contribution in [-0.2, 0) is 60.8 Å². The summed E-state index contributed by atoms with van der Waals surface area (Å²) >= 11 is 0. The molecule has 2 saturated heterocycles. The van der Waals surface area contributed by atoms with Gasteiger partial charge in [0.05, 0.1) is 19.6 Å². The number of nitrogens with two attached hydrogens (primary N) is 4. The molecule has 0 aromatic heterocycles. The first kappa shape index (κ1) is 62.7. The summed E-state index contributed by atoms with van der Waals surface area (Å²) in [6, 6.07) is 6.83. The Bertz CT molecular complexity index is 2490. The first-order valence-electron chi connectivity index (χ1n) is 26.7. The Morgan fingerprint density at radius 2 is 1.41 bits per heavy atom. The van der Waals surface area contributed by atoms with Gasteiger partial charge in [0.25, 0.3) is 0 Å². The van der Waals surface area contributed by atoms with Gasteiger partial charge in [-0.15, -0.1) is 0 Å². The lowest BCUT2D eigenvalue weighted by Crippen LogP contribution is -2.61. The van der Waals surface area contributed by atoms with Crippen molar-refractivity contribution in [3.8, 4) is 5.75 Å². The van der Waals surface area contributed by atoms with Crippen LogP contribution in [0.3, 0.4) is 0 Å². The van der Waals surface area contributed by atoms with Crippen molar-refractivity contribution in [1.29, 1.82) is 0 Å². The van der Waals surface area contributed by atoms with Crippen molar-refractivity contribution >= 4 is 86.6 Å². The number of ether oxygens (including phenoxy) is 1. The number of likely N-dealkylation sites (tertiary alicyclic amines) is 1. The molecule has 1 spiro atoms. The number of benzene rings is 2. The van der Waals surface area contributed by atoms with E-state index in [1.807, 2.05) is 6.92 Å². The van der Waals surface area contributed by atoms with E-state index in [0.29, 0.717) is 42.7 Å². The molecule has 10 amide bonds. The average Bonchev–Trinajstić information content (AvgIpc) is 3.91. The second kappa shape index (κ2) is 30.9. The van der Waals surface area contributed by atoms with Crippen LogP contribution in [0.1, 0.15) is 103 Å². The standard InChI is InChI=1S/C53H77N13O11S2/c1-4-77-34-19-17-33(18-20-34)26-36-46(71)62-37(25-32-13-7-5-8-14-32)48(73)65-44(31(2)3)50(75)63-38(27-41(54)67)47(72)64-39(30-78-79-53(28-43(69)60-36)21-9-6-10-22-53)51(76)66-24-12-16-40(66)49(74)61-35(15-11-23-58-52(56)57)45(70)59-29-42(55)68/h5,7-8,13-14,17-20,31,35-40,44H,4,6,9-12,15-16,21-30H2,1-3H3,(H2,54,67)(H2,55,68)(H,59,70)(H,60,69)(H,61,74)(H,62,71)(H,63,75)(H,64,72)(H,65,73)(H4,56,57,58)/t35?,36-,37-,38-,39-,40-,44-/m0/s1.